The highest BCUT2D eigenvalue weighted by atomic mass is 32.2. The summed E-state index contributed by atoms with van der Waals surface area (Å²) in [5, 5.41) is 2.28. The summed E-state index contributed by atoms with van der Waals surface area (Å²) in [4.78, 5) is 24.0. The van der Waals surface area contributed by atoms with Crippen LogP contribution in [0.4, 0.5) is 28.9 Å². The number of carbonyl (C=O) groups is 2. The number of hydrogen-bond donors (Lipinski definition) is 1. The molecular formula is C11H8F4N2O2S. The number of amides is 2. The highest BCUT2D eigenvalue weighted by Crippen LogP contribution is 2.32. The first-order valence-electron chi connectivity index (χ1n) is 5.37. The molecule has 0 bridgehead atoms. The molecule has 0 fully saturated rings. The van der Waals surface area contributed by atoms with E-state index in [2.05, 4.69) is 5.32 Å². The van der Waals surface area contributed by atoms with Crippen LogP contribution in [0, 0.1) is 11.6 Å². The summed E-state index contributed by atoms with van der Waals surface area (Å²) < 4.78 is 50.4. The van der Waals surface area contributed by atoms with Crippen LogP contribution in [0.25, 0.3) is 0 Å². The SMILES string of the molecule is O=C1CN(C(=O)CSC(F)F)c2cc(F)c(F)cc2N1. The Labute approximate surface area is 115 Å². The van der Waals surface area contributed by atoms with E-state index in [0.717, 1.165) is 17.0 Å². The molecule has 2 amide bonds. The number of anilines is 2. The van der Waals surface area contributed by atoms with Gasteiger partial charge in [0.25, 0.3) is 5.76 Å². The monoisotopic (exact) mass is 308 g/mol. The molecule has 1 N–H and O–H groups in total. The number of halogens is 4. The van der Waals surface area contributed by atoms with Gasteiger partial charge in [-0.15, -0.1) is 0 Å². The molecule has 1 aromatic rings. The lowest BCUT2D eigenvalue weighted by Gasteiger charge is -2.29. The van der Waals surface area contributed by atoms with E-state index in [1.54, 1.807) is 0 Å². The normalized spacial score (nSPS) is 14.2. The third-order valence-corrected chi connectivity index (χ3v) is 3.20. The quantitative estimate of drug-likeness (QED) is 0.871. The third kappa shape index (κ3) is 3.03. The molecule has 0 saturated carbocycles. The van der Waals surface area contributed by atoms with Crippen molar-refractivity contribution in [3.8, 4) is 0 Å². The summed E-state index contributed by atoms with van der Waals surface area (Å²) in [7, 11) is 0. The van der Waals surface area contributed by atoms with Gasteiger partial charge < -0.3 is 10.2 Å². The molecule has 0 radical (unpaired) electrons. The van der Waals surface area contributed by atoms with Crippen molar-refractivity contribution in [1.82, 2.24) is 0 Å². The molecule has 0 aliphatic carbocycles. The Bertz CT molecular complexity index is 568. The van der Waals surface area contributed by atoms with Crippen molar-refractivity contribution in [2.45, 2.75) is 5.76 Å². The number of rotatable bonds is 3. The van der Waals surface area contributed by atoms with E-state index in [4.69, 9.17) is 0 Å². The van der Waals surface area contributed by atoms with Crippen LogP contribution in [0.5, 0.6) is 0 Å². The van der Waals surface area contributed by atoms with Gasteiger partial charge in [-0.2, -0.15) is 8.78 Å². The molecule has 9 heteroatoms. The van der Waals surface area contributed by atoms with Crippen LogP contribution >= 0.6 is 11.8 Å². The van der Waals surface area contributed by atoms with Crippen molar-refractivity contribution in [3.63, 3.8) is 0 Å². The first-order valence-corrected chi connectivity index (χ1v) is 6.42. The second-order valence-corrected chi connectivity index (χ2v) is 4.86. The van der Waals surface area contributed by atoms with Gasteiger partial charge in [0.1, 0.15) is 6.54 Å². The van der Waals surface area contributed by atoms with Crippen molar-refractivity contribution in [2.75, 3.05) is 22.5 Å². The molecular weight excluding hydrogens is 300 g/mol. The minimum atomic E-state index is -2.73. The molecule has 1 aliphatic rings. The van der Waals surface area contributed by atoms with Gasteiger partial charge in [-0.1, -0.05) is 11.8 Å². The summed E-state index contributed by atoms with van der Waals surface area (Å²) in [5.41, 5.74) is -0.126. The first-order chi connectivity index (χ1) is 9.38. The smallest absolute Gasteiger partial charge is 0.285 e. The van der Waals surface area contributed by atoms with Crippen molar-refractivity contribution < 1.29 is 27.2 Å². The standard InChI is InChI=1S/C11H8F4N2O2S/c12-5-1-7-8(2-6(5)13)17(3-9(18)16-7)10(19)4-20-11(14)15/h1-2,11H,3-4H2,(H,16,18). The molecule has 0 aromatic heterocycles. The molecule has 0 atom stereocenters. The van der Waals surface area contributed by atoms with E-state index in [1.807, 2.05) is 0 Å². The Hall–Kier alpha value is -1.77. The van der Waals surface area contributed by atoms with Gasteiger partial charge in [-0.25, -0.2) is 8.78 Å². The number of thioether (sulfide) groups is 1. The van der Waals surface area contributed by atoms with Crippen LogP contribution in [-0.4, -0.2) is 29.9 Å². The lowest BCUT2D eigenvalue weighted by Crippen LogP contribution is -2.43. The molecule has 0 spiro atoms. The van der Waals surface area contributed by atoms with Crippen LogP contribution in [0.1, 0.15) is 0 Å². The highest BCUT2D eigenvalue weighted by Gasteiger charge is 2.28. The maximum absolute atomic E-state index is 13.2. The van der Waals surface area contributed by atoms with E-state index >= 15 is 0 Å². The Morgan fingerprint density at radius 3 is 2.65 bits per heavy atom. The predicted molar refractivity (Wildman–Crippen MR) is 65.8 cm³/mol. The van der Waals surface area contributed by atoms with E-state index in [9.17, 15) is 27.2 Å². The van der Waals surface area contributed by atoms with Crippen molar-refractivity contribution in [3.05, 3.63) is 23.8 Å². The van der Waals surface area contributed by atoms with Gasteiger partial charge in [0.05, 0.1) is 17.1 Å². The number of benzene rings is 1. The fourth-order valence-corrected chi connectivity index (χ4v) is 2.14. The fourth-order valence-electron chi connectivity index (χ4n) is 1.71. The van der Waals surface area contributed by atoms with E-state index in [-0.39, 0.29) is 23.1 Å². The van der Waals surface area contributed by atoms with E-state index < -0.39 is 41.5 Å². The minimum Gasteiger partial charge on any atom is -0.323 e. The summed E-state index contributed by atoms with van der Waals surface area (Å²) in [5.74, 6) is -7.07. The lowest BCUT2D eigenvalue weighted by atomic mass is 10.2. The summed E-state index contributed by atoms with van der Waals surface area (Å²) in [6, 6.07) is 1.48. The van der Waals surface area contributed by atoms with Gasteiger partial charge >= 0.3 is 0 Å². The third-order valence-electron chi connectivity index (χ3n) is 2.54. The van der Waals surface area contributed by atoms with Crippen LogP contribution in [0.15, 0.2) is 12.1 Å². The molecule has 108 valence electrons. The zero-order valence-corrected chi connectivity index (χ0v) is 10.6. The summed E-state index contributed by atoms with van der Waals surface area (Å²) >= 11 is 0.0922. The van der Waals surface area contributed by atoms with Gasteiger partial charge in [-0.05, 0) is 0 Å². The van der Waals surface area contributed by atoms with Crippen LogP contribution in [-0.2, 0) is 9.59 Å². The van der Waals surface area contributed by atoms with Crippen LogP contribution in [0.3, 0.4) is 0 Å². The molecule has 4 nitrogen and oxygen atoms in total. The number of fused-ring (bicyclic) bond motifs is 1. The molecule has 1 heterocycles. The Morgan fingerprint density at radius 2 is 2.00 bits per heavy atom. The summed E-state index contributed by atoms with van der Waals surface area (Å²) in [6.45, 7) is -0.430. The Morgan fingerprint density at radius 1 is 1.35 bits per heavy atom. The number of alkyl halides is 2. The van der Waals surface area contributed by atoms with Gasteiger partial charge in [-0.3, -0.25) is 9.59 Å². The molecule has 20 heavy (non-hydrogen) atoms. The van der Waals surface area contributed by atoms with E-state index in [1.165, 1.54) is 0 Å². The number of carbonyl (C=O) groups excluding carboxylic acids is 2. The van der Waals surface area contributed by atoms with Crippen molar-refractivity contribution >= 4 is 35.0 Å². The predicted octanol–water partition coefficient (Wildman–Crippen LogP) is 2.21. The van der Waals surface area contributed by atoms with Crippen LogP contribution in [0.2, 0.25) is 0 Å². The lowest BCUT2D eigenvalue weighted by molar-refractivity contribution is -0.120. The van der Waals surface area contributed by atoms with Gasteiger partial charge in [0, 0.05) is 12.1 Å². The second kappa shape index (κ2) is 5.70. The maximum atomic E-state index is 13.2. The zero-order valence-electron chi connectivity index (χ0n) is 9.83. The highest BCUT2D eigenvalue weighted by molar-refractivity contribution is 8.00. The average Bonchev–Trinajstić information content (AvgIpc) is 2.37. The number of nitrogens with one attached hydrogen (secondary N) is 1. The fraction of sp³-hybridized carbons (Fsp3) is 0.273. The van der Waals surface area contributed by atoms with Gasteiger partial charge in [0.15, 0.2) is 11.6 Å². The number of hydrogen-bond acceptors (Lipinski definition) is 3. The van der Waals surface area contributed by atoms with Crippen molar-refractivity contribution in [1.29, 1.82) is 0 Å². The number of nitrogens with zero attached hydrogens (tertiary/aromatic N) is 1. The van der Waals surface area contributed by atoms with Crippen LogP contribution < -0.4 is 10.2 Å². The Kier molecular flexibility index (Phi) is 4.17. The van der Waals surface area contributed by atoms with Gasteiger partial charge in [0.2, 0.25) is 11.8 Å². The average molecular weight is 308 g/mol. The molecule has 1 aromatic carbocycles. The maximum Gasteiger partial charge on any atom is 0.285 e. The second-order valence-electron chi connectivity index (χ2n) is 3.88. The summed E-state index contributed by atoms with van der Waals surface area (Å²) in [6.07, 6.45) is 0. The first kappa shape index (κ1) is 14.6. The molecule has 1 aliphatic heterocycles. The van der Waals surface area contributed by atoms with E-state index in [0.29, 0.717) is 0 Å². The zero-order chi connectivity index (χ0) is 14.9. The largest absolute Gasteiger partial charge is 0.323 e. The topological polar surface area (TPSA) is 49.4 Å². The van der Waals surface area contributed by atoms with Crippen molar-refractivity contribution in [2.24, 2.45) is 0 Å². The molecule has 0 unspecified atom stereocenters. The molecule has 0 saturated heterocycles. The molecule has 2 rings (SSSR count). The Balaban J connectivity index is 2.30. The minimum absolute atomic E-state index is 0.0524.